The number of nitrogens with zero attached hydrogens (tertiary/aromatic N) is 1. The van der Waals surface area contributed by atoms with Gasteiger partial charge in [-0.25, -0.2) is 0 Å². The number of pyridine rings is 1. The van der Waals surface area contributed by atoms with E-state index in [1.165, 1.54) is 51.4 Å². The molecule has 1 heterocycles. The minimum atomic E-state index is 0.111. The lowest BCUT2D eigenvalue weighted by Gasteiger charge is -2.09. The Morgan fingerprint density at radius 1 is 0.909 bits per heavy atom. The molecule has 0 amide bonds. The van der Waals surface area contributed by atoms with E-state index in [1.807, 2.05) is 42.4 Å². The molecular weight excluding hydrogens is 290 g/mol. The molecule has 0 atom stereocenters. The Balaban J connectivity index is 1.72. The summed E-state index contributed by atoms with van der Waals surface area (Å²) < 4.78 is 2.14. The number of hydrogen-bond donors (Lipinski definition) is 0. The Morgan fingerprint density at radius 2 is 1.59 bits per heavy atom. The topological polar surface area (TPSA) is 22.0 Å². The number of aromatic nitrogens is 1. The lowest BCUT2D eigenvalue weighted by atomic mass is 10.1. The van der Waals surface area contributed by atoms with Crippen molar-refractivity contribution in [3.63, 3.8) is 0 Å². The zero-order chi connectivity index (χ0) is 15.6. The van der Waals surface area contributed by atoms with E-state index in [4.69, 9.17) is 0 Å². The molecule has 3 heteroatoms. The SMILES string of the molecule is CCCCCCCCCCSn1ccc(=O)c2ccccc21. The van der Waals surface area contributed by atoms with Crippen molar-refractivity contribution in [3.05, 3.63) is 46.8 Å². The predicted molar refractivity (Wildman–Crippen MR) is 98.7 cm³/mol. The van der Waals surface area contributed by atoms with Gasteiger partial charge in [0.25, 0.3) is 0 Å². The largest absolute Gasteiger partial charge is 0.291 e. The van der Waals surface area contributed by atoms with Crippen LogP contribution in [0.2, 0.25) is 0 Å². The van der Waals surface area contributed by atoms with Gasteiger partial charge >= 0.3 is 0 Å². The first-order chi connectivity index (χ1) is 10.8. The molecule has 0 aliphatic rings. The van der Waals surface area contributed by atoms with E-state index in [1.54, 1.807) is 6.07 Å². The van der Waals surface area contributed by atoms with E-state index in [2.05, 4.69) is 10.9 Å². The van der Waals surface area contributed by atoms with Gasteiger partial charge in [-0.05, 0) is 30.5 Å². The van der Waals surface area contributed by atoms with Crippen LogP contribution in [0.5, 0.6) is 0 Å². The molecule has 2 aromatic rings. The molecule has 0 N–H and O–H groups in total. The highest BCUT2D eigenvalue weighted by Gasteiger charge is 2.02. The van der Waals surface area contributed by atoms with Crippen molar-refractivity contribution < 1.29 is 0 Å². The summed E-state index contributed by atoms with van der Waals surface area (Å²) >= 11 is 1.81. The Kier molecular flexibility index (Phi) is 7.58. The molecule has 2 nitrogen and oxygen atoms in total. The van der Waals surface area contributed by atoms with Crippen LogP contribution in [0.4, 0.5) is 0 Å². The van der Waals surface area contributed by atoms with Crippen molar-refractivity contribution in [2.75, 3.05) is 5.75 Å². The van der Waals surface area contributed by atoms with Gasteiger partial charge in [0.2, 0.25) is 0 Å². The molecule has 0 bridgehead atoms. The fraction of sp³-hybridized carbons (Fsp3) is 0.526. The Morgan fingerprint density at radius 3 is 2.36 bits per heavy atom. The van der Waals surface area contributed by atoms with E-state index in [0.29, 0.717) is 0 Å². The van der Waals surface area contributed by atoms with Crippen LogP contribution < -0.4 is 5.43 Å². The Labute approximate surface area is 138 Å². The smallest absolute Gasteiger partial charge is 0.189 e. The summed E-state index contributed by atoms with van der Waals surface area (Å²) in [5.74, 6) is 1.11. The molecule has 120 valence electrons. The highest BCUT2D eigenvalue weighted by atomic mass is 32.2. The third-order valence-corrected chi connectivity index (χ3v) is 5.06. The summed E-state index contributed by atoms with van der Waals surface area (Å²) in [4.78, 5) is 11.8. The zero-order valence-corrected chi connectivity index (χ0v) is 14.4. The monoisotopic (exact) mass is 317 g/mol. The molecule has 22 heavy (non-hydrogen) atoms. The van der Waals surface area contributed by atoms with Crippen molar-refractivity contribution >= 4 is 22.9 Å². The number of para-hydroxylation sites is 1. The third-order valence-electron chi connectivity index (χ3n) is 4.00. The van der Waals surface area contributed by atoms with Crippen LogP contribution in [-0.2, 0) is 0 Å². The van der Waals surface area contributed by atoms with Crippen LogP contribution >= 0.6 is 11.9 Å². The molecular formula is C19H27NOS. The number of fused-ring (bicyclic) bond motifs is 1. The Hall–Kier alpha value is -1.22. The van der Waals surface area contributed by atoms with Gasteiger partial charge in [-0.15, -0.1) is 0 Å². The van der Waals surface area contributed by atoms with Gasteiger partial charge in [-0.2, -0.15) is 0 Å². The van der Waals surface area contributed by atoms with E-state index >= 15 is 0 Å². The molecule has 0 fully saturated rings. The highest BCUT2D eigenvalue weighted by Crippen LogP contribution is 2.18. The van der Waals surface area contributed by atoms with Crippen LogP contribution in [0.25, 0.3) is 10.9 Å². The van der Waals surface area contributed by atoms with Crippen molar-refractivity contribution in [1.29, 1.82) is 0 Å². The van der Waals surface area contributed by atoms with Crippen LogP contribution in [0.15, 0.2) is 41.3 Å². The zero-order valence-electron chi connectivity index (χ0n) is 13.6. The van der Waals surface area contributed by atoms with Gasteiger partial charge in [0.1, 0.15) is 0 Å². The second kappa shape index (κ2) is 9.73. The summed E-state index contributed by atoms with van der Waals surface area (Å²) in [6.45, 7) is 2.26. The molecule has 0 aliphatic heterocycles. The number of hydrogen-bond acceptors (Lipinski definition) is 2. The van der Waals surface area contributed by atoms with Gasteiger partial charge in [-0.3, -0.25) is 8.77 Å². The minimum absolute atomic E-state index is 0.111. The van der Waals surface area contributed by atoms with E-state index in [-0.39, 0.29) is 5.43 Å². The second-order valence-corrected chi connectivity index (χ2v) is 6.89. The van der Waals surface area contributed by atoms with E-state index in [9.17, 15) is 4.79 Å². The maximum Gasteiger partial charge on any atom is 0.189 e. The summed E-state index contributed by atoms with van der Waals surface area (Å²) in [5.41, 5.74) is 1.14. The Bertz CT molecular complexity index is 620. The summed E-state index contributed by atoms with van der Waals surface area (Å²) in [5, 5.41) is 0.813. The molecule has 0 saturated carbocycles. The lowest BCUT2D eigenvalue weighted by Crippen LogP contribution is -2.04. The maximum atomic E-state index is 11.8. The molecule has 0 unspecified atom stereocenters. The molecule has 0 aliphatic carbocycles. The van der Waals surface area contributed by atoms with Crippen LogP contribution in [0.1, 0.15) is 58.3 Å². The standard InChI is InChI=1S/C19H27NOS/c1-2-3-4-5-6-7-8-11-16-22-20-15-14-19(21)17-12-9-10-13-18(17)20/h9-10,12-15H,2-8,11,16H2,1H3. The molecule has 0 spiro atoms. The number of rotatable bonds is 10. The first-order valence-corrected chi connectivity index (χ1v) is 9.51. The fourth-order valence-electron chi connectivity index (χ4n) is 2.69. The molecule has 1 aromatic heterocycles. The van der Waals surface area contributed by atoms with Crippen molar-refractivity contribution in [1.82, 2.24) is 3.97 Å². The molecule has 0 radical (unpaired) electrons. The van der Waals surface area contributed by atoms with Gasteiger partial charge in [0, 0.05) is 23.4 Å². The normalized spacial score (nSPS) is 11.1. The van der Waals surface area contributed by atoms with Gasteiger partial charge in [-0.1, -0.05) is 64.0 Å². The maximum absolute atomic E-state index is 11.8. The summed E-state index contributed by atoms with van der Waals surface area (Å²) in [6.07, 6.45) is 12.7. The van der Waals surface area contributed by atoms with Gasteiger partial charge < -0.3 is 0 Å². The quantitative estimate of drug-likeness (QED) is 0.529. The number of benzene rings is 1. The summed E-state index contributed by atoms with van der Waals surface area (Å²) in [7, 11) is 0. The first kappa shape index (κ1) is 17.1. The van der Waals surface area contributed by atoms with Crippen LogP contribution in [0.3, 0.4) is 0 Å². The number of unbranched alkanes of at least 4 members (excludes halogenated alkanes) is 7. The van der Waals surface area contributed by atoms with Crippen molar-refractivity contribution in [3.8, 4) is 0 Å². The second-order valence-electron chi connectivity index (χ2n) is 5.83. The van der Waals surface area contributed by atoms with Crippen molar-refractivity contribution in [2.45, 2.75) is 58.3 Å². The highest BCUT2D eigenvalue weighted by molar-refractivity contribution is 7.97. The van der Waals surface area contributed by atoms with Crippen molar-refractivity contribution in [2.24, 2.45) is 0 Å². The van der Waals surface area contributed by atoms with E-state index < -0.39 is 0 Å². The lowest BCUT2D eigenvalue weighted by molar-refractivity contribution is 0.586. The third kappa shape index (κ3) is 5.20. The molecule has 1 aromatic carbocycles. The van der Waals surface area contributed by atoms with Crippen LogP contribution in [0, 0.1) is 0 Å². The summed E-state index contributed by atoms with van der Waals surface area (Å²) in [6, 6.07) is 9.53. The minimum Gasteiger partial charge on any atom is -0.291 e. The van der Waals surface area contributed by atoms with E-state index in [0.717, 1.165) is 16.7 Å². The average molecular weight is 317 g/mol. The molecule has 2 rings (SSSR count). The van der Waals surface area contributed by atoms with Crippen LogP contribution in [-0.4, -0.2) is 9.73 Å². The average Bonchev–Trinajstić information content (AvgIpc) is 2.55. The fourth-order valence-corrected chi connectivity index (χ4v) is 3.67. The van der Waals surface area contributed by atoms with Gasteiger partial charge in [0.05, 0.1) is 5.52 Å². The predicted octanol–water partition coefficient (Wildman–Crippen LogP) is 5.64. The van der Waals surface area contributed by atoms with Gasteiger partial charge in [0.15, 0.2) is 5.43 Å². The molecule has 0 saturated heterocycles. The first-order valence-electron chi connectivity index (χ1n) is 8.56.